The minimum atomic E-state index is -0.489. The summed E-state index contributed by atoms with van der Waals surface area (Å²) in [4.78, 5) is 36.8. The van der Waals surface area contributed by atoms with Gasteiger partial charge < -0.3 is 19.1 Å². The third-order valence-electron chi connectivity index (χ3n) is 5.08. The summed E-state index contributed by atoms with van der Waals surface area (Å²) in [6, 6.07) is 12.8. The van der Waals surface area contributed by atoms with Gasteiger partial charge in [0.1, 0.15) is 5.82 Å². The topological polar surface area (TPSA) is 102 Å². The Hall–Kier alpha value is -3.46. The highest BCUT2D eigenvalue weighted by Crippen LogP contribution is 2.19. The van der Waals surface area contributed by atoms with Gasteiger partial charge >= 0.3 is 5.97 Å². The molecule has 0 radical (unpaired) electrons. The number of anilines is 1. The summed E-state index contributed by atoms with van der Waals surface area (Å²) in [5, 5.41) is 4.52. The molecule has 0 spiro atoms. The summed E-state index contributed by atoms with van der Waals surface area (Å²) in [7, 11) is 0. The van der Waals surface area contributed by atoms with Gasteiger partial charge in [-0.15, -0.1) is 0 Å². The highest BCUT2D eigenvalue weighted by atomic mass is 35.5. The van der Waals surface area contributed by atoms with Crippen LogP contribution in [0.3, 0.4) is 0 Å². The van der Waals surface area contributed by atoms with Crippen molar-refractivity contribution in [3.8, 4) is 11.4 Å². The second kappa shape index (κ2) is 10.2. The normalized spacial score (nSPS) is 13.8. The smallest absolute Gasteiger partial charge is 0.306 e. The van der Waals surface area contributed by atoms with E-state index in [0.29, 0.717) is 42.9 Å². The Morgan fingerprint density at radius 3 is 2.56 bits per heavy atom. The van der Waals surface area contributed by atoms with Gasteiger partial charge in [-0.25, -0.2) is 4.98 Å². The summed E-state index contributed by atoms with van der Waals surface area (Å²) < 4.78 is 10.3. The number of halogens is 1. The van der Waals surface area contributed by atoms with Gasteiger partial charge in [0, 0.05) is 49.4 Å². The number of hydrogen-bond donors (Lipinski definition) is 0. The lowest BCUT2D eigenvalue weighted by atomic mass is 10.2. The van der Waals surface area contributed by atoms with Crippen molar-refractivity contribution in [1.29, 1.82) is 0 Å². The largest absolute Gasteiger partial charge is 0.456 e. The van der Waals surface area contributed by atoms with Crippen molar-refractivity contribution in [2.24, 2.45) is 0 Å². The van der Waals surface area contributed by atoms with E-state index in [2.05, 4.69) is 20.0 Å². The average molecular weight is 456 g/mol. The van der Waals surface area contributed by atoms with Crippen LogP contribution < -0.4 is 4.90 Å². The molecular formula is C22H22ClN5O4. The number of carbonyl (C=O) groups is 2. The zero-order valence-electron chi connectivity index (χ0n) is 17.3. The third-order valence-corrected chi connectivity index (χ3v) is 5.33. The Balaban J connectivity index is 1.18. The van der Waals surface area contributed by atoms with Crippen LogP contribution in [0.4, 0.5) is 5.82 Å². The molecule has 1 fully saturated rings. The molecule has 4 rings (SSSR count). The molecule has 1 amide bonds. The van der Waals surface area contributed by atoms with E-state index >= 15 is 0 Å². The lowest BCUT2D eigenvalue weighted by Gasteiger charge is -2.35. The van der Waals surface area contributed by atoms with Gasteiger partial charge in [0.25, 0.3) is 5.91 Å². The lowest BCUT2D eigenvalue weighted by molar-refractivity contribution is -0.152. The molecule has 3 heterocycles. The molecule has 1 aromatic carbocycles. The molecule has 0 N–H and O–H groups in total. The maximum absolute atomic E-state index is 12.4. The second-order valence-electron chi connectivity index (χ2n) is 7.24. The van der Waals surface area contributed by atoms with E-state index in [1.807, 2.05) is 18.2 Å². The van der Waals surface area contributed by atoms with Crippen molar-refractivity contribution in [3.05, 3.63) is 59.6 Å². The number of ether oxygens (including phenoxy) is 1. The molecule has 0 saturated carbocycles. The Morgan fingerprint density at radius 2 is 1.84 bits per heavy atom. The van der Waals surface area contributed by atoms with Gasteiger partial charge in [-0.3, -0.25) is 9.59 Å². The average Bonchev–Trinajstić information content (AvgIpc) is 3.31. The molecule has 0 unspecified atom stereocenters. The highest BCUT2D eigenvalue weighted by molar-refractivity contribution is 6.30. The van der Waals surface area contributed by atoms with E-state index in [1.165, 1.54) is 0 Å². The van der Waals surface area contributed by atoms with Crippen LogP contribution >= 0.6 is 11.6 Å². The minimum absolute atomic E-state index is 0.0446. The number of benzene rings is 1. The van der Waals surface area contributed by atoms with Crippen molar-refractivity contribution in [1.82, 2.24) is 20.0 Å². The molecule has 32 heavy (non-hydrogen) atoms. The van der Waals surface area contributed by atoms with Gasteiger partial charge in [0.15, 0.2) is 6.61 Å². The van der Waals surface area contributed by atoms with E-state index < -0.39 is 5.97 Å². The molecular weight excluding hydrogens is 434 g/mol. The van der Waals surface area contributed by atoms with Crippen LogP contribution in [0.5, 0.6) is 0 Å². The molecule has 0 atom stereocenters. The van der Waals surface area contributed by atoms with Crippen LogP contribution in [0.25, 0.3) is 11.4 Å². The Labute approximate surface area is 189 Å². The third kappa shape index (κ3) is 5.61. The highest BCUT2D eigenvalue weighted by Gasteiger charge is 2.22. The second-order valence-corrected chi connectivity index (χ2v) is 7.67. The molecule has 166 valence electrons. The molecule has 10 heteroatoms. The standard InChI is InChI=1S/C22H22ClN5O4/c23-17-6-4-16(5-7-17)22-25-19(32-26-22)8-9-21(30)31-15-20(29)28-13-11-27(12-14-28)18-3-1-2-10-24-18/h1-7,10H,8-9,11-15H2. The van der Waals surface area contributed by atoms with Crippen LogP contribution in [0.15, 0.2) is 53.2 Å². The van der Waals surface area contributed by atoms with E-state index in [0.717, 1.165) is 11.4 Å². The molecule has 1 aliphatic heterocycles. The van der Waals surface area contributed by atoms with Crippen LogP contribution in [0.2, 0.25) is 5.02 Å². The zero-order chi connectivity index (χ0) is 22.3. The predicted octanol–water partition coefficient (Wildman–Crippen LogP) is 2.61. The Bertz CT molecular complexity index is 1050. The van der Waals surface area contributed by atoms with Gasteiger partial charge in [0.2, 0.25) is 11.7 Å². The Kier molecular flexibility index (Phi) is 6.96. The monoisotopic (exact) mass is 455 g/mol. The first-order valence-electron chi connectivity index (χ1n) is 10.3. The fourth-order valence-corrected chi connectivity index (χ4v) is 3.44. The summed E-state index contributed by atoms with van der Waals surface area (Å²) in [6.45, 7) is 2.21. The first-order valence-corrected chi connectivity index (χ1v) is 10.6. The number of aryl methyl sites for hydroxylation is 1. The zero-order valence-corrected chi connectivity index (χ0v) is 18.1. The number of aromatic nitrogens is 3. The van der Waals surface area contributed by atoms with E-state index in [-0.39, 0.29) is 25.4 Å². The van der Waals surface area contributed by atoms with Crippen LogP contribution in [-0.2, 0) is 20.7 Å². The lowest BCUT2D eigenvalue weighted by Crippen LogP contribution is -2.50. The summed E-state index contributed by atoms with van der Waals surface area (Å²) in [6.07, 6.45) is 2.03. The van der Waals surface area contributed by atoms with E-state index in [9.17, 15) is 9.59 Å². The van der Waals surface area contributed by atoms with Crippen molar-refractivity contribution in [2.75, 3.05) is 37.7 Å². The summed E-state index contributed by atoms with van der Waals surface area (Å²) in [5.41, 5.74) is 0.765. The van der Waals surface area contributed by atoms with Crippen molar-refractivity contribution < 1.29 is 18.8 Å². The number of amides is 1. The minimum Gasteiger partial charge on any atom is -0.456 e. The molecule has 1 saturated heterocycles. The van der Waals surface area contributed by atoms with E-state index in [4.69, 9.17) is 20.9 Å². The quantitative estimate of drug-likeness (QED) is 0.501. The van der Waals surface area contributed by atoms with Gasteiger partial charge in [-0.05, 0) is 36.4 Å². The maximum Gasteiger partial charge on any atom is 0.306 e. The number of hydrogen-bond acceptors (Lipinski definition) is 8. The number of piperazine rings is 1. The first kappa shape index (κ1) is 21.8. The van der Waals surface area contributed by atoms with Gasteiger partial charge in [-0.1, -0.05) is 22.8 Å². The number of carbonyl (C=O) groups excluding carboxylic acids is 2. The Morgan fingerprint density at radius 1 is 1.06 bits per heavy atom. The molecule has 1 aliphatic rings. The fourth-order valence-electron chi connectivity index (χ4n) is 3.31. The fraction of sp³-hybridized carbons (Fsp3) is 0.318. The number of pyridine rings is 1. The molecule has 3 aromatic rings. The SMILES string of the molecule is O=C(CCc1nc(-c2ccc(Cl)cc2)no1)OCC(=O)N1CCN(c2ccccn2)CC1. The first-order chi connectivity index (χ1) is 15.6. The number of nitrogens with zero attached hydrogens (tertiary/aromatic N) is 5. The molecule has 0 bridgehead atoms. The molecule has 2 aromatic heterocycles. The number of esters is 1. The van der Waals surface area contributed by atoms with Gasteiger partial charge in [0.05, 0.1) is 6.42 Å². The predicted molar refractivity (Wildman–Crippen MR) is 117 cm³/mol. The van der Waals surface area contributed by atoms with E-state index in [1.54, 1.807) is 35.4 Å². The molecule has 9 nitrogen and oxygen atoms in total. The number of rotatable bonds is 7. The maximum atomic E-state index is 12.4. The van der Waals surface area contributed by atoms with Crippen molar-refractivity contribution in [2.45, 2.75) is 12.8 Å². The van der Waals surface area contributed by atoms with Gasteiger partial charge in [-0.2, -0.15) is 4.98 Å². The summed E-state index contributed by atoms with van der Waals surface area (Å²) in [5.74, 6) is 0.943. The summed E-state index contributed by atoms with van der Waals surface area (Å²) >= 11 is 5.87. The molecule has 0 aliphatic carbocycles. The van der Waals surface area contributed by atoms with Crippen LogP contribution in [-0.4, -0.2) is 64.7 Å². The van der Waals surface area contributed by atoms with Crippen molar-refractivity contribution >= 4 is 29.3 Å². The van der Waals surface area contributed by atoms with Crippen molar-refractivity contribution in [3.63, 3.8) is 0 Å². The van der Waals surface area contributed by atoms with Crippen LogP contribution in [0, 0.1) is 0 Å². The van der Waals surface area contributed by atoms with Crippen LogP contribution in [0.1, 0.15) is 12.3 Å².